The molecule has 0 aromatic carbocycles. The molecule has 0 bridgehead atoms. The maximum absolute atomic E-state index is 6.07. The molecule has 0 heterocycles. The number of unbranched alkanes of at least 4 members (excludes halogenated alkanes) is 2. The molecule has 0 aliphatic rings. The zero-order chi connectivity index (χ0) is 16.6. The van der Waals surface area contributed by atoms with Gasteiger partial charge in [0, 0.05) is 0 Å². The van der Waals surface area contributed by atoms with Gasteiger partial charge in [0.15, 0.2) is 6.29 Å². The van der Waals surface area contributed by atoms with E-state index in [0.29, 0.717) is 11.8 Å². The Morgan fingerprint density at radius 2 is 1.18 bits per heavy atom. The van der Waals surface area contributed by atoms with E-state index in [4.69, 9.17) is 9.47 Å². The largest absolute Gasteiger partial charge is 0.352 e. The van der Waals surface area contributed by atoms with Crippen LogP contribution in [0.2, 0.25) is 0 Å². The van der Waals surface area contributed by atoms with Gasteiger partial charge >= 0.3 is 0 Å². The highest BCUT2D eigenvalue weighted by Gasteiger charge is 2.15. The summed E-state index contributed by atoms with van der Waals surface area (Å²) in [4.78, 5) is 0. The fourth-order valence-corrected chi connectivity index (χ4v) is 2.66. The first kappa shape index (κ1) is 21.9. The molecule has 0 saturated carbocycles. The molecule has 2 nitrogen and oxygen atoms in total. The lowest BCUT2D eigenvalue weighted by Crippen LogP contribution is -2.24. The van der Waals surface area contributed by atoms with E-state index in [1.807, 2.05) is 0 Å². The normalized spacial score (nSPS) is 15.7. The molecule has 0 spiro atoms. The molecule has 2 heteroatoms. The molecule has 2 atom stereocenters. The van der Waals surface area contributed by atoms with Gasteiger partial charge in [0.25, 0.3) is 0 Å². The SMILES string of the molecule is [CH2]CCC(OCC(CC)CCCC)OCC(CC)CCCC. The Labute approximate surface area is 140 Å². The van der Waals surface area contributed by atoms with Crippen molar-refractivity contribution in [3.63, 3.8) is 0 Å². The van der Waals surface area contributed by atoms with E-state index in [1.54, 1.807) is 0 Å². The van der Waals surface area contributed by atoms with Crippen molar-refractivity contribution in [3.8, 4) is 0 Å². The lowest BCUT2D eigenvalue weighted by molar-refractivity contribution is -0.161. The third-order valence-electron chi connectivity index (χ3n) is 4.56. The van der Waals surface area contributed by atoms with Crippen LogP contribution in [-0.2, 0) is 9.47 Å². The van der Waals surface area contributed by atoms with Crippen LogP contribution in [0.25, 0.3) is 0 Å². The Bertz CT molecular complexity index is 198. The summed E-state index contributed by atoms with van der Waals surface area (Å²) < 4.78 is 12.1. The van der Waals surface area contributed by atoms with Gasteiger partial charge in [-0.05, 0) is 37.5 Å². The second-order valence-corrected chi connectivity index (χ2v) is 6.57. The van der Waals surface area contributed by atoms with Gasteiger partial charge in [-0.25, -0.2) is 0 Å². The van der Waals surface area contributed by atoms with Crippen LogP contribution in [-0.4, -0.2) is 19.5 Å². The summed E-state index contributed by atoms with van der Waals surface area (Å²) >= 11 is 0. The number of ether oxygens (including phenoxy) is 2. The van der Waals surface area contributed by atoms with Gasteiger partial charge in [-0.2, -0.15) is 0 Å². The minimum atomic E-state index is -0.0520. The molecule has 0 aliphatic heterocycles. The molecular formula is C20H41O2. The predicted octanol–water partition coefficient (Wildman–Crippen LogP) is 6.39. The molecule has 0 aliphatic carbocycles. The number of hydrogen-bond acceptors (Lipinski definition) is 2. The van der Waals surface area contributed by atoms with Crippen LogP contribution in [0.15, 0.2) is 0 Å². The van der Waals surface area contributed by atoms with Gasteiger partial charge < -0.3 is 9.47 Å². The van der Waals surface area contributed by atoms with Gasteiger partial charge in [-0.1, -0.05) is 73.1 Å². The number of rotatable bonds is 16. The van der Waals surface area contributed by atoms with Crippen LogP contribution >= 0.6 is 0 Å². The average molecular weight is 314 g/mol. The van der Waals surface area contributed by atoms with Crippen molar-refractivity contribution in [2.75, 3.05) is 13.2 Å². The molecule has 0 N–H and O–H groups in total. The highest BCUT2D eigenvalue weighted by molar-refractivity contribution is 4.60. The van der Waals surface area contributed by atoms with Crippen LogP contribution in [0, 0.1) is 18.8 Å². The molecule has 0 aromatic heterocycles. The summed E-state index contributed by atoms with van der Waals surface area (Å²) in [6.45, 7) is 14.7. The van der Waals surface area contributed by atoms with E-state index in [9.17, 15) is 0 Å². The third-order valence-corrected chi connectivity index (χ3v) is 4.56. The summed E-state index contributed by atoms with van der Waals surface area (Å²) in [6.07, 6.45) is 11.8. The highest BCUT2D eigenvalue weighted by Crippen LogP contribution is 2.18. The van der Waals surface area contributed by atoms with E-state index in [2.05, 4.69) is 34.6 Å². The molecule has 0 aromatic rings. The van der Waals surface area contributed by atoms with Gasteiger partial charge in [0.1, 0.15) is 0 Å². The van der Waals surface area contributed by atoms with Crippen molar-refractivity contribution in [2.45, 2.75) is 98.2 Å². The lowest BCUT2D eigenvalue weighted by atomic mass is 10.0. The van der Waals surface area contributed by atoms with E-state index >= 15 is 0 Å². The smallest absolute Gasteiger partial charge is 0.157 e. The van der Waals surface area contributed by atoms with Crippen LogP contribution in [0.5, 0.6) is 0 Å². The minimum Gasteiger partial charge on any atom is -0.352 e. The van der Waals surface area contributed by atoms with Crippen molar-refractivity contribution < 1.29 is 9.47 Å². The molecule has 2 unspecified atom stereocenters. The molecular weight excluding hydrogens is 272 g/mol. The topological polar surface area (TPSA) is 18.5 Å². The fraction of sp³-hybridized carbons (Fsp3) is 0.950. The zero-order valence-corrected chi connectivity index (χ0v) is 15.7. The van der Waals surface area contributed by atoms with Crippen LogP contribution in [0.1, 0.15) is 91.9 Å². The summed E-state index contributed by atoms with van der Waals surface area (Å²) in [5.41, 5.74) is 0. The van der Waals surface area contributed by atoms with Crippen molar-refractivity contribution in [1.82, 2.24) is 0 Å². The van der Waals surface area contributed by atoms with Crippen LogP contribution in [0.4, 0.5) is 0 Å². The van der Waals surface area contributed by atoms with Crippen molar-refractivity contribution in [2.24, 2.45) is 11.8 Å². The monoisotopic (exact) mass is 313 g/mol. The Hall–Kier alpha value is -0.0800. The Morgan fingerprint density at radius 3 is 1.50 bits per heavy atom. The van der Waals surface area contributed by atoms with E-state index < -0.39 is 0 Å². The molecule has 0 rings (SSSR count). The predicted molar refractivity (Wildman–Crippen MR) is 96.9 cm³/mol. The Kier molecular flexibility index (Phi) is 15.7. The fourth-order valence-electron chi connectivity index (χ4n) is 2.66. The first-order chi connectivity index (χ1) is 10.7. The minimum absolute atomic E-state index is 0.0520. The first-order valence-corrected chi connectivity index (χ1v) is 9.73. The standard InChI is InChI=1S/C20H41O2/c1-6-11-14-18(9-4)16-21-20(13-8-3)22-17-19(10-5)15-12-7-2/h18-20H,3,6-17H2,1-2,4-5H3. The van der Waals surface area contributed by atoms with Gasteiger partial charge in [0.05, 0.1) is 13.2 Å². The summed E-state index contributed by atoms with van der Waals surface area (Å²) in [7, 11) is 0. The van der Waals surface area contributed by atoms with Crippen molar-refractivity contribution in [3.05, 3.63) is 6.92 Å². The molecule has 22 heavy (non-hydrogen) atoms. The summed E-state index contributed by atoms with van der Waals surface area (Å²) in [5.74, 6) is 1.36. The van der Waals surface area contributed by atoms with E-state index in [0.717, 1.165) is 26.1 Å². The van der Waals surface area contributed by atoms with Crippen LogP contribution < -0.4 is 0 Å². The molecule has 0 fully saturated rings. The van der Waals surface area contributed by atoms with Crippen molar-refractivity contribution in [1.29, 1.82) is 0 Å². The Morgan fingerprint density at radius 1 is 0.727 bits per heavy atom. The van der Waals surface area contributed by atoms with E-state index in [-0.39, 0.29) is 6.29 Å². The molecule has 0 saturated heterocycles. The average Bonchev–Trinajstić information content (AvgIpc) is 2.54. The maximum Gasteiger partial charge on any atom is 0.157 e. The first-order valence-electron chi connectivity index (χ1n) is 9.73. The van der Waals surface area contributed by atoms with Gasteiger partial charge in [-0.15, -0.1) is 0 Å². The quantitative estimate of drug-likeness (QED) is 0.307. The number of hydrogen-bond donors (Lipinski definition) is 0. The lowest BCUT2D eigenvalue weighted by Gasteiger charge is -2.24. The summed E-state index contributed by atoms with van der Waals surface area (Å²) in [6, 6.07) is 0. The molecule has 1 radical (unpaired) electrons. The molecule has 0 amide bonds. The van der Waals surface area contributed by atoms with Crippen LogP contribution in [0.3, 0.4) is 0 Å². The second-order valence-electron chi connectivity index (χ2n) is 6.57. The van der Waals surface area contributed by atoms with Gasteiger partial charge in [0.2, 0.25) is 0 Å². The third kappa shape index (κ3) is 11.5. The Balaban J connectivity index is 4.11. The maximum atomic E-state index is 6.07. The van der Waals surface area contributed by atoms with Crippen molar-refractivity contribution >= 4 is 0 Å². The molecule has 133 valence electrons. The second kappa shape index (κ2) is 15.8. The summed E-state index contributed by atoms with van der Waals surface area (Å²) in [5, 5.41) is 0. The highest BCUT2D eigenvalue weighted by atomic mass is 16.7. The zero-order valence-electron chi connectivity index (χ0n) is 15.7. The van der Waals surface area contributed by atoms with E-state index in [1.165, 1.54) is 51.4 Å². The van der Waals surface area contributed by atoms with Gasteiger partial charge in [-0.3, -0.25) is 0 Å².